The summed E-state index contributed by atoms with van der Waals surface area (Å²) >= 11 is 0. The molecule has 0 radical (unpaired) electrons. The monoisotopic (exact) mass is 416 g/mol. The highest BCUT2D eigenvalue weighted by molar-refractivity contribution is 7.92. The van der Waals surface area contributed by atoms with Crippen LogP contribution in [0.25, 0.3) is 0 Å². The molecule has 0 bridgehead atoms. The first-order valence-electron chi connectivity index (χ1n) is 10.00. The van der Waals surface area contributed by atoms with Crippen molar-refractivity contribution in [1.29, 1.82) is 0 Å². The third kappa shape index (κ3) is 4.90. The van der Waals surface area contributed by atoms with Gasteiger partial charge in [0.2, 0.25) is 0 Å². The standard InChI is InChI=1S/C22H28N2O4S/c1-4-28-20-12-10-19(11-13-20)23-29(26,27)21-14-8-18(9-15-21)22(25)24-16(2)6-5-7-17(24)3/h8-17,23H,4-7H2,1-3H3. The molecule has 2 aromatic carbocycles. The van der Waals surface area contributed by atoms with E-state index in [0.717, 1.165) is 19.3 Å². The quantitative estimate of drug-likeness (QED) is 0.762. The van der Waals surface area contributed by atoms with Crippen LogP contribution in [0.15, 0.2) is 53.4 Å². The van der Waals surface area contributed by atoms with Gasteiger partial charge < -0.3 is 9.64 Å². The molecule has 1 heterocycles. The van der Waals surface area contributed by atoms with Crippen molar-refractivity contribution in [3.63, 3.8) is 0 Å². The van der Waals surface area contributed by atoms with Gasteiger partial charge in [-0.25, -0.2) is 8.42 Å². The largest absolute Gasteiger partial charge is 0.494 e. The van der Waals surface area contributed by atoms with Gasteiger partial charge >= 0.3 is 0 Å². The second kappa shape index (κ2) is 8.86. The van der Waals surface area contributed by atoms with Gasteiger partial charge in [0.05, 0.1) is 11.5 Å². The van der Waals surface area contributed by atoms with Crippen LogP contribution in [0.2, 0.25) is 0 Å². The lowest BCUT2D eigenvalue weighted by atomic mass is 9.96. The maximum Gasteiger partial charge on any atom is 0.261 e. The summed E-state index contributed by atoms with van der Waals surface area (Å²) in [5, 5.41) is 0. The van der Waals surface area contributed by atoms with E-state index in [-0.39, 0.29) is 22.9 Å². The number of likely N-dealkylation sites (tertiary alicyclic amines) is 1. The van der Waals surface area contributed by atoms with E-state index in [1.165, 1.54) is 12.1 Å². The molecule has 29 heavy (non-hydrogen) atoms. The predicted molar refractivity (Wildman–Crippen MR) is 114 cm³/mol. The highest BCUT2D eigenvalue weighted by atomic mass is 32.2. The van der Waals surface area contributed by atoms with E-state index in [1.54, 1.807) is 36.4 Å². The summed E-state index contributed by atoms with van der Waals surface area (Å²) in [6.45, 7) is 6.56. The van der Waals surface area contributed by atoms with Crippen molar-refractivity contribution >= 4 is 21.6 Å². The van der Waals surface area contributed by atoms with Crippen molar-refractivity contribution in [3.8, 4) is 5.75 Å². The van der Waals surface area contributed by atoms with Crippen molar-refractivity contribution in [2.45, 2.75) is 57.0 Å². The molecule has 156 valence electrons. The molecule has 2 unspecified atom stereocenters. The number of piperidine rings is 1. The fourth-order valence-electron chi connectivity index (χ4n) is 3.75. The third-order valence-corrected chi connectivity index (χ3v) is 6.65. The average molecular weight is 417 g/mol. The van der Waals surface area contributed by atoms with Gasteiger partial charge in [-0.3, -0.25) is 9.52 Å². The van der Waals surface area contributed by atoms with Crippen LogP contribution in [0, 0.1) is 0 Å². The fourth-order valence-corrected chi connectivity index (χ4v) is 4.81. The van der Waals surface area contributed by atoms with Gasteiger partial charge in [-0.05, 0) is 88.6 Å². The highest BCUT2D eigenvalue weighted by Crippen LogP contribution is 2.25. The molecule has 0 spiro atoms. The summed E-state index contributed by atoms with van der Waals surface area (Å²) in [7, 11) is -3.74. The topological polar surface area (TPSA) is 75.7 Å². The number of hydrogen-bond donors (Lipinski definition) is 1. The molecule has 1 fully saturated rings. The van der Waals surface area contributed by atoms with Gasteiger partial charge in [0, 0.05) is 23.3 Å². The Kier molecular flexibility index (Phi) is 6.47. The molecule has 2 atom stereocenters. The molecule has 1 amide bonds. The minimum atomic E-state index is -3.74. The molecule has 1 aliphatic rings. The normalized spacial score (nSPS) is 19.6. The van der Waals surface area contributed by atoms with Crippen molar-refractivity contribution < 1.29 is 17.9 Å². The second-order valence-electron chi connectivity index (χ2n) is 7.43. The van der Waals surface area contributed by atoms with Crippen LogP contribution in [0.1, 0.15) is 50.4 Å². The van der Waals surface area contributed by atoms with E-state index in [0.29, 0.717) is 23.6 Å². The SMILES string of the molecule is CCOc1ccc(NS(=O)(=O)c2ccc(C(=O)N3C(C)CCCC3C)cc2)cc1. The number of carbonyl (C=O) groups is 1. The van der Waals surface area contributed by atoms with Crippen LogP contribution in [0.4, 0.5) is 5.69 Å². The molecule has 0 saturated carbocycles. The minimum absolute atomic E-state index is 0.0480. The van der Waals surface area contributed by atoms with Gasteiger partial charge in [0.25, 0.3) is 15.9 Å². The van der Waals surface area contributed by atoms with Crippen LogP contribution < -0.4 is 9.46 Å². The van der Waals surface area contributed by atoms with Gasteiger partial charge in [-0.15, -0.1) is 0 Å². The number of rotatable bonds is 6. The number of amides is 1. The first kappa shape index (κ1) is 21.2. The Balaban J connectivity index is 1.73. The molecule has 3 rings (SSSR count). The number of nitrogens with one attached hydrogen (secondary N) is 1. The van der Waals surface area contributed by atoms with E-state index in [1.807, 2.05) is 11.8 Å². The van der Waals surface area contributed by atoms with Gasteiger partial charge in [0.1, 0.15) is 5.75 Å². The zero-order chi connectivity index (χ0) is 21.0. The maximum absolute atomic E-state index is 12.9. The molecule has 1 saturated heterocycles. The Hall–Kier alpha value is -2.54. The first-order chi connectivity index (χ1) is 13.8. The number of sulfonamides is 1. The number of nitrogens with zero attached hydrogens (tertiary/aromatic N) is 1. The number of ether oxygens (including phenoxy) is 1. The lowest BCUT2D eigenvalue weighted by Crippen LogP contribution is -2.47. The molecule has 6 nitrogen and oxygen atoms in total. The minimum Gasteiger partial charge on any atom is -0.494 e. The van der Waals surface area contributed by atoms with Crippen molar-refractivity contribution in [2.24, 2.45) is 0 Å². The third-order valence-electron chi connectivity index (χ3n) is 5.26. The molecular formula is C22H28N2O4S. The summed E-state index contributed by atoms with van der Waals surface area (Å²) in [6, 6.07) is 13.2. The number of benzene rings is 2. The molecule has 1 aliphatic heterocycles. The second-order valence-corrected chi connectivity index (χ2v) is 9.11. The number of carbonyl (C=O) groups excluding carboxylic acids is 1. The molecular weight excluding hydrogens is 388 g/mol. The van der Waals surface area contributed by atoms with Gasteiger partial charge in [0.15, 0.2) is 0 Å². The maximum atomic E-state index is 12.9. The Bertz CT molecular complexity index is 930. The Morgan fingerprint density at radius 2 is 1.62 bits per heavy atom. The molecule has 1 N–H and O–H groups in total. The van der Waals surface area contributed by atoms with E-state index in [2.05, 4.69) is 18.6 Å². The lowest BCUT2D eigenvalue weighted by molar-refractivity contribution is 0.0510. The molecule has 2 aromatic rings. The van der Waals surface area contributed by atoms with Gasteiger partial charge in [-0.1, -0.05) is 0 Å². The van der Waals surface area contributed by atoms with E-state index >= 15 is 0 Å². The fraction of sp³-hybridized carbons (Fsp3) is 0.409. The average Bonchev–Trinajstić information content (AvgIpc) is 2.69. The zero-order valence-corrected chi connectivity index (χ0v) is 17.9. The highest BCUT2D eigenvalue weighted by Gasteiger charge is 2.29. The summed E-state index contributed by atoms with van der Waals surface area (Å²) in [6.07, 6.45) is 3.11. The molecule has 7 heteroatoms. The van der Waals surface area contributed by atoms with Crippen LogP contribution in [-0.4, -0.2) is 37.9 Å². The summed E-state index contributed by atoms with van der Waals surface area (Å²) in [5.41, 5.74) is 0.954. The summed E-state index contributed by atoms with van der Waals surface area (Å²) in [5.74, 6) is 0.632. The van der Waals surface area contributed by atoms with Crippen molar-refractivity contribution in [2.75, 3.05) is 11.3 Å². The Morgan fingerprint density at radius 3 is 2.17 bits per heavy atom. The van der Waals surface area contributed by atoms with E-state index in [4.69, 9.17) is 4.74 Å². The van der Waals surface area contributed by atoms with Crippen LogP contribution >= 0.6 is 0 Å². The number of hydrogen-bond acceptors (Lipinski definition) is 4. The Labute approximate surface area is 172 Å². The summed E-state index contributed by atoms with van der Waals surface area (Å²) in [4.78, 5) is 14.9. The zero-order valence-electron chi connectivity index (χ0n) is 17.1. The molecule has 0 aromatic heterocycles. The number of anilines is 1. The van der Waals surface area contributed by atoms with Crippen LogP contribution in [0.3, 0.4) is 0 Å². The van der Waals surface area contributed by atoms with E-state index in [9.17, 15) is 13.2 Å². The van der Waals surface area contributed by atoms with Crippen molar-refractivity contribution in [3.05, 3.63) is 54.1 Å². The van der Waals surface area contributed by atoms with Crippen molar-refractivity contribution in [1.82, 2.24) is 4.90 Å². The summed E-state index contributed by atoms with van der Waals surface area (Å²) < 4.78 is 33.2. The lowest BCUT2D eigenvalue weighted by Gasteiger charge is -2.39. The Morgan fingerprint density at radius 1 is 1.03 bits per heavy atom. The first-order valence-corrected chi connectivity index (χ1v) is 11.5. The molecule has 0 aliphatic carbocycles. The van der Waals surface area contributed by atoms with E-state index < -0.39 is 10.0 Å². The van der Waals surface area contributed by atoms with Gasteiger partial charge in [-0.2, -0.15) is 0 Å². The van der Waals surface area contributed by atoms with Crippen LogP contribution in [0.5, 0.6) is 5.75 Å². The predicted octanol–water partition coefficient (Wildman–Crippen LogP) is 4.29. The van der Waals surface area contributed by atoms with Crippen LogP contribution in [-0.2, 0) is 10.0 Å². The smallest absolute Gasteiger partial charge is 0.261 e.